The average Bonchev–Trinajstić information content (AvgIpc) is 2.25. The Balaban J connectivity index is 2.90. The number of aromatic nitrogens is 1. The highest BCUT2D eigenvalue weighted by Crippen LogP contribution is 2.25. The third-order valence-electron chi connectivity index (χ3n) is 2.84. The number of nitrogens with two attached hydrogens (primary N) is 1. The van der Waals surface area contributed by atoms with E-state index in [1.54, 1.807) is 6.20 Å². The molecule has 4 heteroatoms. The van der Waals surface area contributed by atoms with Gasteiger partial charge in [0.1, 0.15) is 5.82 Å². The van der Waals surface area contributed by atoms with Crippen molar-refractivity contribution < 1.29 is 5.11 Å². The lowest BCUT2D eigenvalue weighted by Crippen LogP contribution is -2.36. The van der Waals surface area contributed by atoms with Crippen LogP contribution in [0.4, 0.5) is 5.82 Å². The zero-order chi connectivity index (χ0) is 12.1. The zero-order valence-corrected chi connectivity index (χ0v) is 10.2. The normalized spacial score (nSPS) is 13.4. The lowest BCUT2D eigenvalue weighted by atomic mass is 10.1. The van der Waals surface area contributed by atoms with Crippen LogP contribution in [0.2, 0.25) is 0 Å². The predicted octanol–water partition coefficient (Wildman–Crippen LogP) is 1.43. The molecule has 0 saturated carbocycles. The monoisotopic (exact) mass is 223 g/mol. The quantitative estimate of drug-likeness (QED) is 0.792. The van der Waals surface area contributed by atoms with E-state index in [2.05, 4.69) is 30.7 Å². The molecular weight excluding hydrogens is 202 g/mol. The van der Waals surface area contributed by atoms with Crippen molar-refractivity contribution in [2.45, 2.75) is 32.9 Å². The van der Waals surface area contributed by atoms with E-state index in [0.29, 0.717) is 18.4 Å². The van der Waals surface area contributed by atoms with Crippen molar-refractivity contribution in [2.24, 2.45) is 0 Å². The molecule has 90 valence electrons. The van der Waals surface area contributed by atoms with Gasteiger partial charge in [0.25, 0.3) is 0 Å². The maximum atomic E-state index is 9.06. The third kappa shape index (κ3) is 2.93. The van der Waals surface area contributed by atoms with Gasteiger partial charge in [-0.15, -0.1) is 0 Å². The van der Waals surface area contributed by atoms with E-state index in [4.69, 9.17) is 10.8 Å². The van der Waals surface area contributed by atoms with Crippen LogP contribution in [0.15, 0.2) is 18.3 Å². The maximum absolute atomic E-state index is 9.06. The third-order valence-corrected chi connectivity index (χ3v) is 2.84. The predicted molar refractivity (Wildman–Crippen MR) is 66.0 cm³/mol. The maximum Gasteiger partial charge on any atom is 0.128 e. The van der Waals surface area contributed by atoms with Gasteiger partial charge in [-0.2, -0.15) is 0 Å². The van der Waals surface area contributed by atoms with Crippen molar-refractivity contribution >= 4 is 5.82 Å². The molecular formula is C12H21N3O. The van der Waals surface area contributed by atoms with E-state index in [1.165, 1.54) is 0 Å². The van der Waals surface area contributed by atoms with Crippen LogP contribution < -0.4 is 5.73 Å². The first-order valence-electron chi connectivity index (χ1n) is 5.65. The van der Waals surface area contributed by atoms with Gasteiger partial charge in [-0.05, 0) is 26.8 Å². The van der Waals surface area contributed by atoms with Crippen LogP contribution in [0.5, 0.6) is 0 Å². The Morgan fingerprint density at radius 1 is 1.44 bits per heavy atom. The number of nitrogens with zero attached hydrogens (tertiary/aromatic N) is 2. The molecule has 0 amide bonds. The molecule has 3 N–H and O–H groups in total. The first-order valence-corrected chi connectivity index (χ1v) is 5.65. The standard InChI is InChI=1S/C12H21N3O/c1-9(2)15(7-8-16)10(3)11-5-4-6-14-12(11)13/h4-6,9-10,16H,7-8H2,1-3H3,(H2,13,14). The summed E-state index contributed by atoms with van der Waals surface area (Å²) in [6.07, 6.45) is 1.69. The Morgan fingerprint density at radius 3 is 2.62 bits per heavy atom. The molecule has 4 nitrogen and oxygen atoms in total. The Bertz CT molecular complexity index is 328. The first-order chi connectivity index (χ1) is 7.57. The number of hydrogen-bond acceptors (Lipinski definition) is 4. The van der Waals surface area contributed by atoms with Gasteiger partial charge in [-0.1, -0.05) is 6.07 Å². The van der Waals surface area contributed by atoms with Crippen LogP contribution in [0, 0.1) is 0 Å². The summed E-state index contributed by atoms with van der Waals surface area (Å²) in [6, 6.07) is 4.40. The molecule has 0 spiro atoms. The lowest BCUT2D eigenvalue weighted by molar-refractivity contribution is 0.126. The van der Waals surface area contributed by atoms with Crippen LogP contribution in [0.3, 0.4) is 0 Å². The fourth-order valence-electron chi connectivity index (χ4n) is 1.98. The molecule has 1 heterocycles. The SMILES string of the molecule is CC(C)N(CCO)C(C)c1cccnc1N. The highest BCUT2D eigenvalue weighted by atomic mass is 16.3. The lowest BCUT2D eigenvalue weighted by Gasteiger charge is -2.32. The van der Waals surface area contributed by atoms with Gasteiger partial charge in [-0.25, -0.2) is 4.98 Å². The molecule has 0 aliphatic heterocycles. The number of pyridine rings is 1. The number of nitrogen functional groups attached to an aromatic ring is 1. The van der Waals surface area contributed by atoms with E-state index < -0.39 is 0 Å². The molecule has 0 bridgehead atoms. The summed E-state index contributed by atoms with van der Waals surface area (Å²) in [5.41, 5.74) is 6.87. The van der Waals surface area contributed by atoms with Crippen molar-refractivity contribution in [2.75, 3.05) is 18.9 Å². The fourth-order valence-corrected chi connectivity index (χ4v) is 1.98. The topological polar surface area (TPSA) is 62.4 Å². The van der Waals surface area contributed by atoms with Crippen molar-refractivity contribution in [1.29, 1.82) is 0 Å². The number of aliphatic hydroxyl groups is 1. The Hall–Kier alpha value is -1.13. The molecule has 0 saturated heterocycles. The van der Waals surface area contributed by atoms with Crippen LogP contribution in [-0.2, 0) is 0 Å². The molecule has 1 aromatic heterocycles. The summed E-state index contributed by atoms with van der Waals surface area (Å²) in [6.45, 7) is 7.11. The van der Waals surface area contributed by atoms with Crippen LogP contribution in [-0.4, -0.2) is 34.2 Å². The van der Waals surface area contributed by atoms with Crippen molar-refractivity contribution in [3.05, 3.63) is 23.9 Å². The number of hydrogen-bond donors (Lipinski definition) is 2. The largest absolute Gasteiger partial charge is 0.395 e. The van der Waals surface area contributed by atoms with Crippen molar-refractivity contribution in [3.8, 4) is 0 Å². The summed E-state index contributed by atoms with van der Waals surface area (Å²) >= 11 is 0. The van der Waals surface area contributed by atoms with Gasteiger partial charge in [0.2, 0.25) is 0 Å². The van der Waals surface area contributed by atoms with Gasteiger partial charge in [-0.3, -0.25) is 4.90 Å². The minimum absolute atomic E-state index is 0.155. The summed E-state index contributed by atoms with van der Waals surface area (Å²) in [7, 11) is 0. The molecule has 0 aromatic carbocycles. The highest BCUT2D eigenvalue weighted by Gasteiger charge is 2.19. The second-order valence-corrected chi connectivity index (χ2v) is 4.21. The van der Waals surface area contributed by atoms with E-state index in [-0.39, 0.29) is 12.6 Å². The van der Waals surface area contributed by atoms with Gasteiger partial charge in [0.05, 0.1) is 6.61 Å². The smallest absolute Gasteiger partial charge is 0.128 e. The number of aliphatic hydroxyl groups excluding tert-OH is 1. The average molecular weight is 223 g/mol. The fraction of sp³-hybridized carbons (Fsp3) is 0.583. The zero-order valence-electron chi connectivity index (χ0n) is 10.2. The molecule has 0 radical (unpaired) electrons. The molecule has 1 rings (SSSR count). The summed E-state index contributed by atoms with van der Waals surface area (Å²) in [4.78, 5) is 6.29. The highest BCUT2D eigenvalue weighted by molar-refractivity contribution is 5.40. The minimum atomic E-state index is 0.155. The van der Waals surface area contributed by atoms with Crippen LogP contribution in [0.25, 0.3) is 0 Å². The van der Waals surface area contributed by atoms with Gasteiger partial charge < -0.3 is 10.8 Å². The van der Waals surface area contributed by atoms with Gasteiger partial charge in [0.15, 0.2) is 0 Å². The van der Waals surface area contributed by atoms with Crippen LogP contribution >= 0.6 is 0 Å². The van der Waals surface area contributed by atoms with Crippen molar-refractivity contribution in [3.63, 3.8) is 0 Å². The summed E-state index contributed by atoms with van der Waals surface area (Å²) in [5, 5.41) is 9.06. The molecule has 1 aromatic rings. The molecule has 0 aliphatic rings. The molecule has 0 fully saturated rings. The number of anilines is 1. The second-order valence-electron chi connectivity index (χ2n) is 4.21. The molecule has 1 unspecified atom stereocenters. The van der Waals surface area contributed by atoms with E-state index in [0.717, 1.165) is 5.56 Å². The van der Waals surface area contributed by atoms with E-state index in [1.807, 2.05) is 12.1 Å². The summed E-state index contributed by atoms with van der Waals surface area (Å²) < 4.78 is 0. The molecule has 1 atom stereocenters. The number of rotatable bonds is 5. The second kappa shape index (κ2) is 5.82. The summed E-state index contributed by atoms with van der Waals surface area (Å²) in [5.74, 6) is 0.568. The Morgan fingerprint density at radius 2 is 2.12 bits per heavy atom. The van der Waals surface area contributed by atoms with Crippen LogP contribution in [0.1, 0.15) is 32.4 Å². The molecule has 0 aliphatic carbocycles. The minimum Gasteiger partial charge on any atom is -0.395 e. The Kier molecular flexibility index (Phi) is 4.71. The first kappa shape index (κ1) is 12.9. The molecule has 16 heavy (non-hydrogen) atoms. The van der Waals surface area contributed by atoms with E-state index in [9.17, 15) is 0 Å². The van der Waals surface area contributed by atoms with Crippen molar-refractivity contribution in [1.82, 2.24) is 9.88 Å². The van der Waals surface area contributed by atoms with Gasteiger partial charge in [0, 0.05) is 30.4 Å². The van der Waals surface area contributed by atoms with E-state index >= 15 is 0 Å². The Labute approximate surface area is 97.1 Å². The van der Waals surface area contributed by atoms with Gasteiger partial charge >= 0.3 is 0 Å².